The quantitative estimate of drug-likeness (QED) is 0.670. The molecule has 0 radical (unpaired) electrons. The zero-order valence-electron chi connectivity index (χ0n) is 15.8. The van der Waals surface area contributed by atoms with Crippen LogP contribution in [0.5, 0.6) is 0 Å². The van der Waals surface area contributed by atoms with Crippen LogP contribution < -0.4 is 10.6 Å². The van der Waals surface area contributed by atoms with Crippen LogP contribution in [0, 0.1) is 0 Å². The largest absolute Gasteiger partial charge is 0.456 e. The summed E-state index contributed by atoms with van der Waals surface area (Å²) in [6.45, 7) is 8.87. The van der Waals surface area contributed by atoms with E-state index in [4.69, 9.17) is 9.40 Å². The topological polar surface area (TPSA) is 41.6 Å². The van der Waals surface area contributed by atoms with Gasteiger partial charge in [0.05, 0.1) is 11.0 Å². The summed E-state index contributed by atoms with van der Waals surface area (Å²) in [6.07, 6.45) is 5.67. The Morgan fingerprint density at radius 1 is 1.19 bits per heavy atom. The van der Waals surface area contributed by atoms with Gasteiger partial charge in [0, 0.05) is 28.9 Å². The second-order valence-corrected chi connectivity index (χ2v) is 7.16. The minimum absolute atomic E-state index is 0.845. The molecule has 4 nitrogen and oxygen atoms in total. The van der Waals surface area contributed by atoms with Crippen molar-refractivity contribution >= 4 is 29.5 Å². The van der Waals surface area contributed by atoms with Crippen LogP contribution in [0.15, 0.2) is 51.9 Å². The monoisotopic (exact) mass is 359 g/mol. The molecule has 2 aromatic heterocycles. The summed E-state index contributed by atoms with van der Waals surface area (Å²) in [5, 5.41) is 2.98. The van der Waals surface area contributed by atoms with Crippen molar-refractivity contribution in [1.29, 1.82) is 0 Å². The molecule has 27 heavy (non-hydrogen) atoms. The van der Waals surface area contributed by atoms with Gasteiger partial charge in [0.15, 0.2) is 0 Å². The lowest BCUT2D eigenvalue weighted by molar-refractivity contribution is 0.218. The molecule has 0 bridgehead atoms. The summed E-state index contributed by atoms with van der Waals surface area (Å²) in [5.41, 5.74) is 2.99. The molecule has 0 atom stereocenters. The maximum absolute atomic E-state index is 6.06. The standard InChI is InChI=1S/C23H25N3O/c1-17(22-14-18-8-4-5-9-21(18)27-22)23-19(15-24-2)10-11-20(25-23)16-26-12-6-3-7-13-26/h4-5,8-11,14-15H,2-3,6-7,12-13,16H2,1H3/b19-15-,23-17-. The van der Waals surface area contributed by atoms with Crippen molar-refractivity contribution in [3.63, 3.8) is 0 Å². The molecule has 0 N–H and O–H groups in total. The number of piperidine rings is 1. The fraction of sp³-hybridized carbons (Fsp3) is 0.304. The van der Waals surface area contributed by atoms with Crippen LogP contribution >= 0.6 is 0 Å². The van der Waals surface area contributed by atoms with E-state index in [2.05, 4.69) is 47.8 Å². The third-order valence-electron chi connectivity index (χ3n) is 5.20. The van der Waals surface area contributed by atoms with Crippen molar-refractivity contribution in [1.82, 2.24) is 9.88 Å². The average molecular weight is 359 g/mol. The van der Waals surface area contributed by atoms with Gasteiger partial charge in [0.1, 0.15) is 11.3 Å². The van der Waals surface area contributed by atoms with Gasteiger partial charge in [-0.15, -0.1) is 0 Å². The molecule has 3 heterocycles. The van der Waals surface area contributed by atoms with E-state index in [-0.39, 0.29) is 0 Å². The Morgan fingerprint density at radius 2 is 2.00 bits per heavy atom. The van der Waals surface area contributed by atoms with Gasteiger partial charge in [0.25, 0.3) is 0 Å². The summed E-state index contributed by atoms with van der Waals surface area (Å²) in [5.74, 6) is 0.845. The molecule has 1 aromatic carbocycles. The molecule has 0 spiro atoms. The zero-order chi connectivity index (χ0) is 18.6. The molecule has 1 fully saturated rings. The zero-order valence-corrected chi connectivity index (χ0v) is 15.8. The number of aliphatic imine (C=N–C) groups is 1. The number of aromatic nitrogens is 1. The predicted octanol–water partition coefficient (Wildman–Crippen LogP) is 3.47. The maximum Gasteiger partial charge on any atom is 0.134 e. The smallest absolute Gasteiger partial charge is 0.134 e. The highest BCUT2D eigenvalue weighted by molar-refractivity contribution is 5.81. The van der Waals surface area contributed by atoms with Gasteiger partial charge in [-0.2, -0.15) is 0 Å². The number of hydrogen-bond acceptors (Lipinski definition) is 4. The van der Waals surface area contributed by atoms with Crippen LogP contribution in [-0.2, 0) is 6.54 Å². The normalized spacial score (nSPS) is 17.3. The average Bonchev–Trinajstić information content (AvgIpc) is 3.14. The van der Waals surface area contributed by atoms with Crippen molar-refractivity contribution < 1.29 is 4.42 Å². The Balaban J connectivity index is 1.80. The van der Waals surface area contributed by atoms with Crippen LogP contribution in [0.1, 0.15) is 37.6 Å². The molecule has 0 unspecified atom stereocenters. The molecule has 1 aliphatic rings. The van der Waals surface area contributed by atoms with Crippen LogP contribution in [0.25, 0.3) is 22.7 Å². The van der Waals surface area contributed by atoms with Gasteiger partial charge in [-0.1, -0.05) is 24.6 Å². The number of rotatable bonds is 4. The molecule has 1 aliphatic heterocycles. The summed E-state index contributed by atoms with van der Waals surface area (Å²) in [7, 11) is 0. The Hall–Kier alpha value is -2.72. The van der Waals surface area contributed by atoms with Crippen LogP contribution in [0.2, 0.25) is 0 Å². The number of furan rings is 1. The number of pyridine rings is 1. The molecule has 4 rings (SSSR count). The highest BCUT2D eigenvalue weighted by atomic mass is 16.3. The number of nitrogens with zero attached hydrogens (tertiary/aromatic N) is 3. The van der Waals surface area contributed by atoms with E-state index in [1.807, 2.05) is 18.2 Å². The summed E-state index contributed by atoms with van der Waals surface area (Å²) in [4.78, 5) is 11.4. The molecule has 3 aromatic rings. The molecular weight excluding hydrogens is 334 g/mol. The third-order valence-corrected chi connectivity index (χ3v) is 5.20. The molecule has 0 aliphatic carbocycles. The summed E-state index contributed by atoms with van der Waals surface area (Å²) >= 11 is 0. The number of fused-ring (bicyclic) bond motifs is 1. The number of para-hydroxylation sites is 1. The second kappa shape index (κ2) is 7.89. The van der Waals surface area contributed by atoms with Crippen molar-refractivity contribution in [3.05, 3.63) is 64.5 Å². The molecule has 0 saturated carbocycles. The first-order valence-corrected chi connectivity index (χ1v) is 9.59. The van der Waals surface area contributed by atoms with E-state index in [1.165, 1.54) is 19.3 Å². The summed E-state index contributed by atoms with van der Waals surface area (Å²) in [6, 6.07) is 14.3. The Labute approximate surface area is 159 Å². The Kier molecular flexibility index (Phi) is 5.16. The highest BCUT2D eigenvalue weighted by Gasteiger charge is 2.12. The van der Waals surface area contributed by atoms with Gasteiger partial charge in [0.2, 0.25) is 0 Å². The van der Waals surface area contributed by atoms with Gasteiger partial charge >= 0.3 is 0 Å². The summed E-state index contributed by atoms with van der Waals surface area (Å²) < 4.78 is 6.06. The van der Waals surface area contributed by atoms with E-state index in [0.717, 1.165) is 58.2 Å². The lowest BCUT2D eigenvalue weighted by atomic mass is 10.1. The second-order valence-electron chi connectivity index (χ2n) is 7.16. The maximum atomic E-state index is 6.06. The fourth-order valence-electron chi connectivity index (χ4n) is 3.73. The highest BCUT2D eigenvalue weighted by Crippen LogP contribution is 2.22. The van der Waals surface area contributed by atoms with E-state index in [0.29, 0.717) is 0 Å². The fourth-order valence-corrected chi connectivity index (χ4v) is 3.73. The van der Waals surface area contributed by atoms with E-state index in [1.54, 1.807) is 6.20 Å². The van der Waals surface area contributed by atoms with Crippen LogP contribution in [0.3, 0.4) is 0 Å². The first kappa shape index (κ1) is 17.7. The van der Waals surface area contributed by atoms with Gasteiger partial charge in [-0.3, -0.25) is 14.9 Å². The van der Waals surface area contributed by atoms with E-state index < -0.39 is 0 Å². The molecule has 1 saturated heterocycles. The lowest BCUT2D eigenvalue weighted by Crippen LogP contribution is -2.34. The minimum atomic E-state index is 0.845. The first-order valence-electron chi connectivity index (χ1n) is 9.59. The van der Waals surface area contributed by atoms with Crippen LogP contribution in [-0.4, -0.2) is 29.7 Å². The van der Waals surface area contributed by atoms with Crippen molar-refractivity contribution in [3.8, 4) is 0 Å². The van der Waals surface area contributed by atoms with Crippen LogP contribution in [0.4, 0.5) is 0 Å². The molecule has 4 heteroatoms. The molecule has 0 amide bonds. The third kappa shape index (κ3) is 3.86. The first-order chi connectivity index (χ1) is 13.2. The number of likely N-dealkylation sites (tertiary alicyclic amines) is 1. The van der Waals surface area contributed by atoms with Gasteiger partial charge in [-0.05, 0) is 63.8 Å². The SMILES string of the molecule is C=N/C=c1/ccc(CN2CCCCC2)n/c1=C(/C)c1cc2ccccc2o1. The van der Waals surface area contributed by atoms with Gasteiger partial charge in [-0.25, -0.2) is 0 Å². The molecule has 138 valence electrons. The number of benzene rings is 1. The lowest BCUT2D eigenvalue weighted by Gasteiger charge is -2.25. The number of hydrogen-bond donors (Lipinski definition) is 0. The van der Waals surface area contributed by atoms with E-state index >= 15 is 0 Å². The molecular formula is C23H25N3O. The Morgan fingerprint density at radius 3 is 2.78 bits per heavy atom. The van der Waals surface area contributed by atoms with Crippen molar-refractivity contribution in [2.75, 3.05) is 13.1 Å². The minimum Gasteiger partial charge on any atom is -0.456 e. The van der Waals surface area contributed by atoms with Crippen molar-refractivity contribution in [2.45, 2.75) is 32.7 Å². The Bertz CT molecular complexity index is 1040. The van der Waals surface area contributed by atoms with E-state index in [9.17, 15) is 0 Å². The van der Waals surface area contributed by atoms with Gasteiger partial charge < -0.3 is 4.42 Å². The van der Waals surface area contributed by atoms with Crippen molar-refractivity contribution in [2.24, 2.45) is 4.99 Å². The predicted molar refractivity (Wildman–Crippen MR) is 111 cm³/mol.